The first kappa shape index (κ1) is 16.1. The van der Waals surface area contributed by atoms with E-state index >= 15 is 0 Å². The minimum atomic E-state index is -0.972. The van der Waals surface area contributed by atoms with E-state index in [4.69, 9.17) is 14.6 Å². The van der Waals surface area contributed by atoms with Crippen LogP contribution in [0.5, 0.6) is 11.5 Å². The zero-order valence-electron chi connectivity index (χ0n) is 12.3. The van der Waals surface area contributed by atoms with Crippen LogP contribution in [0.25, 0.3) is 6.08 Å². The Hall–Kier alpha value is -1.97. The molecule has 1 rings (SSSR count). The molecule has 0 aromatic heterocycles. The van der Waals surface area contributed by atoms with Crippen LogP contribution in [-0.4, -0.2) is 24.8 Å². The lowest BCUT2D eigenvalue weighted by atomic mass is 10.1. The Balaban J connectivity index is 2.70. The summed E-state index contributed by atoms with van der Waals surface area (Å²) in [6, 6.07) is 5.35. The number of rotatable bonds is 8. The monoisotopic (exact) mass is 278 g/mol. The molecule has 0 aliphatic rings. The number of aliphatic carboxylic acids is 1. The van der Waals surface area contributed by atoms with Crippen LogP contribution in [0, 0.1) is 5.92 Å². The number of carboxylic acids is 1. The van der Waals surface area contributed by atoms with E-state index in [1.165, 1.54) is 6.08 Å². The molecule has 0 aliphatic heterocycles. The van der Waals surface area contributed by atoms with Crippen LogP contribution in [0.1, 0.15) is 32.3 Å². The molecule has 0 saturated heterocycles. The Bertz CT molecular complexity index is 464. The maximum atomic E-state index is 10.5. The first-order chi connectivity index (χ1) is 9.52. The van der Waals surface area contributed by atoms with Gasteiger partial charge in [-0.15, -0.1) is 0 Å². The van der Waals surface area contributed by atoms with E-state index in [0.717, 1.165) is 24.5 Å². The number of hydrogen-bond donors (Lipinski definition) is 1. The molecule has 0 saturated carbocycles. The van der Waals surface area contributed by atoms with Crippen molar-refractivity contribution in [3.63, 3.8) is 0 Å². The first-order valence-corrected chi connectivity index (χ1v) is 6.74. The van der Waals surface area contributed by atoms with Gasteiger partial charge in [0.2, 0.25) is 0 Å². The van der Waals surface area contributed by atoms with Crippen molar-refractivity contribution in [1.29, 1.82) is 0 Å². The Morgan fingerprint density at radius 1 is 1.35 bits per heavy atom. The van der Waals surface area contributed by atoms with Gasteiger partial charge >= 0.3 is 5.97 Å². The van der Waals surface area contributed by atoms with Crippen molar-refractivity contribution >= 4 is 12.0 Å². The lowest BCUT2D eigenvalue weighted by molar-refractivity contribution is -0.131. The van der Waals surface area contributed by atoms with E-state index in [0.29, 0.717) is 24.0 Å². The highest BCUT2D eigenvalue weighted by atomic mass is 16.5. The van der Waals surface area contributed by atoms with Crippen LogP contribution in [-0.2, 0) is 4.79 Å². The number of methoxy groups -OCH3 is 1. The maximum absolute atomic E-state index is 10.5. The van der Waals surface area contributed by atoms with Crippen molar-refractivity contribution in [3.05, 3.63) is 29.8 Å². The van der Waals surface area contributed by atoms with Gasteiger partial charge in [-0.2, -0.15) is 0 Å². The first-order valence-electron chi connectivity index (χ1n) is 6.74. The highest BCUT2D eigenvalue weighted by molar-refractivity contribution is 5.85. The van der Waals surface area contributed by atoms with Crippen molar-refractivity contribution in [2.75, 3.05) is 13.7 Å². The van der Waals surface area contributed by atoms with Crippen LogP contribution >= 0.6 is 0 Å². The fourth-order valence-corrected chi connectivity index (χ4v) is 1.75. The van der Waals surface area contributed by atoms with Gasteiger partial charge in [-0.25, -0.2) is 4.79 Å². The lowest BCUT2D eigenvalue weighted by Crippen LogP contribution is -2.01. The second-order valence-electron chi connectivity index (χ2n) is 4.97. The van der Waals surface area contributed by atoms with Crippen LogP contribution in [0.15, 0.2) is 24.3 Å². The predicted octanol–water partition coefficient (Wildman–Crippen LogP) is 3.61. The molecule has 0 spiro atoms. The summed E-state index contributed by atoms with van der Waals surface area (Å²) >= 11 is 0. The smallest absolute Gasteiger partial charge is 0.328 e. The summed E-state index contributed by atoms with van der Waals surface area (Å²) < 4.78 is 11.0. The Labute approximate surface area is 120 Å². The van der Waals surface area contributed by atoms with Crippen LogP contribution < -0.4 is 9.47 Å². The molecule has 0 amide bonds. The standard InChI is InChI=1S/C16H22O4/c1-12(2)5-4-10-20-15-11-13(7-9-16(17)18)6-8-14(15)19-3/h6-9,11-12H,4-5,10H2,1-3H3,(H,17,18)/b9-7+. The highest BCUT2D eigenvalue weighted by Crippen LogP contribution is 2.28. The van der Waals surface area contributed by atoms with E-state index in [1.807, 2.05) is 0 Å². The molecule has 0 unspecified atom stereocenters. The number of ether oxygens (including phenoxy) is 2. The third-order valence-electron chi connectivity index (χ3n) is 2.79. The molecular formula is C16H22O4. The normalized spacial score (nSPS) is 11.0. The maximum Gasteiger partial charge on any atom is 0.328 e. The van der Waals surface area contributed by atoms with Crippen molar-refractivity contribution in [1.82, 2.24) is 0 Å². The van der Waals surface area contributed by atoms with Gasteiger partial charge in [0, 0.05) is 6.08 Å². The number of hydrogen-bond acceptors (Lipinski definition) is 3. The van der Waals surface area contributed by atoms with Crippen molar-refractivity contribution < 1.29 is 19.4 Å². The minimum Gasteiger partial charge on any atom is -0.493 e. The predicted molar refractivity (Wildman–Crippen MR) is 79.2 cm³/mol. The zero-order chi connectivity index (χ0) is 15.0. The van der Waals surface area contributed by atoms with Crippen molar-refractivity contribution in [2.45, 2.75) is 26.7 Å². The van der Waals surface area contributed by atoms with Gasteiger partial charge in [0.1, 0.15) is 0 Å². The van der Waals surface area contributed by atoms with Crippen LogP contribution in [0.4, 0.5) is 0 Å². The van der Waals surface area contributed by atoms with Gasteiger partial charge in [-0.05, 0) is 42.5 Å². The largest absolute Gasteiger partial charge is 0.493 e. The number of carboxylic acid groups (broad SMARTS) is 1. The molecule has 110 valence electrons. The summed E-state index contributed by atoms with van der Waals surface area (Å²) in [5, 5.41) is 8.63. The Morgan fingerprint density at radius 2 is 2.10 bits per heavy atom. The fraction of sp³-hybridized carbons (Fsp3) is 0.438. The quantitative estimate of drug-likeness (QED) is 0.583. The van der Waals surface area contributed by atoms with Gasteiger partial charge in [-0.3, -0.25) is 0 Å². The van der Waals surface area contributed by atoms with E-state index in [9.17, 15) is 4.79 Å². The third-order valence-corrected chi connectivity index (χ3v) is 2.79. The van der Waals surface area contributed by atoms with Gasteiger partial charge in [0.05, 0.1) is 13.7 Å². The molecule has 0 fully saturated rings. The second-order valence-corrected chi connectivity index (χ2v) is 4.97. The molecule has 0 radical (unpaired) electrons. The fourth-order valence-electron chi connectivity index (χ4n) is 1.75. The molecule has 4 nitrogen and oxygen atoms in total. The van der Waals surface area contributed by atoms with Crippen LogP contribution in [0.2, 0.25) is 0 Å². The summed E-state index contributed by atoms with van der Waals surface area (Å²) in [6.45, 7) is 4.98. The molecule has 1 N–H and O–H groups in total. The van der Waals surface area contributed by atoms with Crippen LogP contribution in [0.3, 0.4) is 0 Å². The van der Waals surface area contributed by atoms with E-state index in [2.05, 4.69) is 13.8 Å². The summed E-state index contributed by atoms with van der Waals surface area (Å²) in [4.78, 5) is 10.5. The highest BCUT2D eigenvalue weighted by Gasteiger charge is 2.05. The summed E-state index contributed by atoms with van der Waals surface area (Å²) in [6.07, 6.45) is 4.73. The SMILES string of the molecule is COc1ccc(/C=C/C(=O)O)cc1OCCCC(C)C. The van der Waals surface area contributed by atoms with E-state index < -0.39 is 5.97 Å². The van der Waals surface area contributed by atoms with E-state index in [1.54, 1.807) is 25.3 Å². The average Bonchev–Trinajstić information content (AvgIpc) is 2.41. The summed E-state index contributed by atoms with van der Waals surface area (Å²) in [5.41, 5.74) is 0.770. The lowest BCUT2D eigenvalue weighted by Gasteiger charge is -2.12. The molecule has 0 bridgehead atoms. The molecule has 0 heterocycles. The molecule has 20 heavy (non-hydrogen) atoms. The summed E-state index contributed by atoms with van der Waals surface area (Å²) in [5.74, 6) is 0.983. The average molecular weight is 278 g/mol. The Kier molecular flexibility index (Phi) is 6.64. The minimum absolute atomic E-state index is 0.626. The van der Waals surface area contributed by atoms with Crippen molar-refractivity contribution in [2.24, 2.45) is 5.92 Å². The molecule has 0 atom stereocenters. The van der Waals surface area contributed by atoms with Gasteiger partial charge in [0.25, 0.3) is 0 Å². The topological polar surface area (TPSA) is 55.8 Å². The zero-order valence-corrected chi connectivity index (χ0v) is 12.3. The summed E-state index contributed by atoms with van der Waals surface area (Å²) in [7, 11) is 1.59. The van der Waals surface area contributed by atoms with Crippen molar-refractivity contribution in [3.8, 4) is 11.5 Å². The third kappa shape index (κ3) is 5.78. The molecule has 1 aromatic carbocycles. The van der Waals surface area contributed by atoms with Gasteiger partial charge in [0.15, 0.2) is 11.5 Å². The number of benzene rings is 1. The Morgan fingerprint density at radius 3 is 2.70 bits per heavy atom. The van der Waals surface area contributed by atoms with Gasteiger partial charge < -0.3 is 14.6 Å². The molecular weight excluding hydrogens is 256 g/mol. The molecule has 1 aromatic rings. The molecule has 4 heteroatoms. The molecule has 0 aliphatic carbocycles. The van der Waals surface area contributed by atoms with Gasteiger partial charge in [-0.1, -0.05) is 19.9 Å². The number of carbonyl (C=O) groups is 1. The van der Waals surface area contributed by atoms with E-state index in [-0.39, 0.29) is 0 Å². The second kappa shape index (κ2) is 8.25.